The molecule has 0 radical (unpaired) electrons. The number of fused-ring (bicyclic) bond motifs is 1. The van der Waals surface area contributed by atoms with E-state index in [1.54, 1.807) is 4.90 Å². The van der Waals surface area contributed by atoms with Crippen LogP contribution < -0.4 is 15.5 Å². The number of aromatic nitrogens is 1. The van der Waals surface area contributed by atoms with E-state index in [2.05, 4.69) is 15.6 Å². The highest BCUT2D eigenvalue weighted by Crippen LogP contribution is 2.32. The zero-order valence-electron chi connectivity index (χ0n) is 16.5. The van der Waals surface area contributed by atoms with Gasteiger partial charge in [0.05, 0.1) is 36.0 Å². The molecule has 2 amide bonds. The molecule has 0 bridgehead atoms. The molecule has 0 saturated carbocycles. The lowest BCUT2D eigenvalue weighted by atomic mass is 10.1. The van der Waals surface area contributed by atoms with E-state index >= 15 is 0 Å². The molecule has 31 heavy (non-hydrogen) atoms. The number of hydrogen-bond acceptors (Lipinski definition) is 5. The molecule has 1 fully saturated rings. The Labute approximate surface area is 176 Å². The first-order valence-corrected chi connectivity index (χ1v) is 9.92. The normalized spacial score (nSPS) is 18.5. The number of alkyl halides is 3. The largest absolute Gasteiger partial charge is 0.416 e. The minimum absolute atomic E-state index is 0.0360. The average molecular weight is 434 g/mol. The summed E-state index contributed by atoms with van der Waals surface area (Å²) in [6, 6.07) is 6.60. The molecule has 1 unspecified atom stereocenters. The van der Waals surface area contributed by atoms with E-state index in [1.807, 2.05) is 0 Å². The molecule has 7 nitrogen and oxygen atoms in total. The fourth-order valence-electron chi connectivity index (χ4n) is 3.73. The van der Waals surface area contributed by atoms with Crippen LogP contribution in [-0.2, 0) is 22.3 Å². The number of pyridine rings is 1. The summed E-state index contributed by atoms with van der Waals surface area (Å²) in [5, 5.41) is 5.42. The predicted molar refractivity (Wildman–Crippen MR) is 107 cm³/mol. The van der Waals surface area contributed by atoms with Crippen LogP contribution in [0.15, 0.2) is 36.5 Å². The standard InChI is InChI=1S/C21H21F3N4O3/c22-21(23,24)16-6-2-1-4-13(16)9-27-20(30)14-8-17-19(25-10-14)26-11-18(29)28(17)12-15-5-3-7-31-15/h1-2,4,6,8,10,15H,3,5,7,9,11-12H2,(H,25,26)(H,27,30). The van der Waals surface area contributed by atoms with Gasteiger partial charge in [-0.15, -0.1) is 0 Å². The lowest BCUT2D eigenvalue weighted by molar-refractivity contribution is -0.138. The molecule has 164 valence electrons. The zero-order valence-corrected chi connectivity index (χ0v) is 16.5. The number of nitrogens with one attached hydrogen (secondary N) is 2. The van der Waals surface area contributed by atoms with Crippen LogP contribution in [0, 0.1) is 0 Å². The van der Waals surface area contributed by atoms with Crippen LogP contribution in [0.1, 0.15) is 34.3 Å². The molecular formula is C21H21F3N4O3. The highest BCUT2D eigenvalue weighted by Gasteiger charge is 2.33. The molecule has 4 rings (SSSR count). The summed E-state index contributed by atoms with van der Waals surface area (Å²) in [4.78, 5) is 30.8. The van der Waals surface area contributed by atoms with Crippen molar-refractivity contribution in [1.29, 1.82) is 0 Å². The maximum absolute atomic E-state index is 13.2. The van der Waals surface area contributed by atoms with Crippen LogP contribution in [0.25, 0.3) is 0 Å². The fourth-order valence-corrected chi connectivity index (χ4v) is 3.73. The van der Waals surface area contributed by atoms with E-state index < -0.39 is 17.6 Å². The summed E-state index contributed by atoms with van der Waals surface area (Å²) >= 11 is 0. The van der Waals surface area contributed by atoms with Crippen LogP contribution in [0.4, 0.5) is 24.7 Å². The van der Waals surface area contributed by atoms with Crippen molar-refractivity contribution >= 4 is 23.3 Å². The van der Waals surface area contributed by atoms with E-state index in [0.717, 1.165) is 18.9 Å². The molecule has 1 atom stereocenters. The van der Waals surface area contributed by atoms with Crippen molar-refractivity contribution in [3.63, 3.8) is 0 Å². The van der Waals surface area contributed by atoms with Crippen molar-refractivity contribution in [1.82, 2.24) is 10.3 Å². The van der Waals surface area contributed by atoms with Crippen LogP contribution in [-0.4, -0.2) is 42.6 Å². The molecule has 2 aliphatic heterocycles. The smallest absolute Gasteiger partial charge is 0.376 e. The minimum Gasteiger partial charge on any atom is -0.376 e. The first kappa shape index (κ1) is 21.1. The zero-order chi connectivity index (χ0) is 22.0. The van der Waals surface area contributed by atoms with E-state index in [0.29, 0.717) is 24.7 Å². The number of amides is 2. The average Bonchev–Trinajstić information content (AvgIpc) is 3.26. The number of hydrogen-bond donors (Lipinski definition) is 2. The number of halogens is 3. The van der Waals surface area contributed by atoms with Crippen molar-refractivity contribution in [2.45, 2.75) is 31.7 Å². The molecule has 2 aromatic rings. The highest BCUT2D eigenvalue weighted by atomic mass is 19.4. The Morgan fingerprint density at radius 2 is 2.13 bits per heavy atom. The maximum Gasteiger partial charge on any atom is 0.416 e. The molecule has 1 aromatic heterocycles. The topological polar surface area (TPSA) is 83.6 Å². The summed E-state index contributed by atoms with van der Waals surface area (Å²) in [5.41, 5.74) is -0.227. The van der Waals surface area contributed by atoms with Crippen LogP contribution >= 0.6 is 0 Å². The molecule has 3 heterocycles. The van der Waals surface area contributed by atoms with Crippen molar-refractivity contribution in [2.24, 2.45) is 0 Å². The molecule has 2 N–H and O–H groups in total. The van der Waals surface area contributed by atoms with E-state index in [-0.39, 0.29) is 36.2 Å². The van der Waals surface area contributed by atoms with Gasteiger partial charge in [-0.3, -0.25) is 9.59 Å². The molecule has 0 spiro atoms. The second-order valence-electron chi connectivity index (χ2n) is 7.42. The van der Waals surface area contributed by atoms with Gasteiger partial charge in [-0.1, -0.05) is 18.2 Å². The molecule has 2 aliphatic rings. The molecule has 1 aromatic carbocycles. The third kappa shape index (κ3) is 4.63. The lowest BCUT2D eigenvalue weighted by Gasteiger charge is -2.31. The van der Waals surface area contributed by atoms with Gasteiger partial charge in [0.2, 0.25) is 5.91 Å². The van der Waals surface area contributed by atoms with Gasteiger partial charge in [0.1, 0.15) is 5.82 Å². The second-order valence-corrected chi connectivity index (χ2v) is 7.42. The predicted octanol–water partition coefficient (Wildman–Crippen LogP) is 2.97. The van der Waals surface area contributed by atoms with Gasteiger partial charge in [-0.2, -0.15) is 13.2 Å². The third-order valence-corrected chi connectivity index (χ3v) is 5.30. The quantitative estimate of drug-likeness (QED) is 0.756. The molecule has 0 aliphatic carbocycles. The number of anilines is 2. The Bertz CT molecular complexity index is 990. The van der Waals surface area contributed by atoms with Crippen LogP contribution in [0.5, 0.6) is 0 Å². The number of carbonyl (C=O) groups is 2. The van der Waals surface area contributed by atoms with Crippen molar-refractivity contribution in [3.8, 4) is 0 Å². The van der Waals surface area contributed by atoms with Crippen molar-refractivity contribution in [2.75, 3.05) is 29.9 Å². The van der Waals surface area contributed by atoms with E-state index in [4.69, 9.17) is 4.74 Å². The van der Waals surface area contributed by atoms with E-state index in [1.165, 1.54) is 30.5 Å². The van der Waals surface area contributed by atoms with Crippen LogP contribution in [0.3, 0.4) is 0 Å². The summed E-state index contributed by atoms with van der Waals surface area (Å²) in [7, 11) is 0. The first-order valence-electron chi connectivity index (χ1n) is 9.92. The van der Waals surface area contributed by atoms with Crippen molar-refractivity contribution < 1.29 is 27.5 Å². The number of nitrogens with zero attached hydrogens (tertiary/aromatic N) is 2. The van der Waals surface area contributed by atoms with Gasteiger partial charge < -0.3 is 20.3 Å². The number of ether oxygens (including phenoxy) is 1. The fraction of sp³-hybridized carbons (Fsp3) is 0.381. The summed E-state index contributed by atoms with van der Waals surface area (Å²) < 4.78 is 45.1. The maximum atomic E-state index is 13.2. The van der Waals surface area contributed by atoms with Gasteiger partial charge in [0, 0.05) is 19.3 Å². The Balaban J connectivity index is 1.51. The highest BCUT2D eigenvalue weighted by molar-refractivity contribution is 6.04. The molecule has 10 heteroatoms. The second kappa shape index (κ2) is 8.54. The number of benzene rings is 1. The van der Waals surface area contributed by atoms with E-state index in [9.17, 15) is 22.8 Å². The third-order valence-electron chi connectivity index (χ3n) is 5.30. The minimum atomic E-state index is -4.51. The Morgan fingerprint density at radius 3 is 2.87 bits per heavy atom. The number of rotatable bonds is 5. The van der Waals surface area contributed by atoms with Crippen molar-refractivity contribution in [3.05, 3.63) is 53.2 Å². The first-order chi connectivity index (χ1) is 14.8. The van der Waals surface area contributed by atoms with Gasteiger partial charge in [0.15, 0.2) is 0 Å². The Kier molecular flexibility index (Phi) is 5.81. The Hall–Kier alpha value is -3.14. The van der Waals surface area contributed by atoms with Crippen LogP contribution in [0.2, 0.25) is 0 Å². The molecular weight excluding hydrogens is 413 g/mol. The van der Waals surface area contributed by atoms with Gasteiger partial charge in [0.25, 0.3) is 5.91 Å². The SMILES string of the molecule is O=C(NCc1ccccc1C(F)(F)F)c1cnc2c(c1)N(CC1CCCO1)C(=O)CN2. The van der Waals surface area contributed by atoms with Gasteiger partial charge >= 0.3 is 6.18 Å². The summed E-state index contributed by atoms with van der Waals surface area (Å²) in [6.07, 6.45) is -1.48. The molecule has 1 saturated heterocycles. The van der Waals surface area contributed by atoms with Gasteiger partial charge in [-0.25, -0.2) is 4.98 Å². The summed E-state index contributed by atoms with van der Waals surface area (Å²) in [6.45, 7) is 0.812. The number of carbonyl (C=O) groups excluding carboxylic acids is 2. The lowest BCUT2D eigenvalue weighted by Crippen LogP contribution is -2.44. The monoisotopic (exact) mass is 434 g/mol. The summed E-state index contributed by atoms with van der Waals surface area (Å²) in [5.74, 6) is -0.277. The van der Waals surface area contributed by atoms with Gasteiger partial charge in [-0.05, 0) is 30.5 Å². The Morgan fingerprint density at radius 1 is 1.32 bits per heavy atom.